The molecule has 0 unspecified atom stereocenters. The lowest BCUT2D eigenvalue weighted by atomic mass is 9.84. The fraction of sp³-hybridized carbons (Fsp3) is 0.545. The van der Waals surface area contributed by atoms with Crippen molar-refractivity contribution in [2.45, 2.75) is 102 Å². The van der Waals surface area contributed by atoms with Gasteiger partial charge in [-0.1, -0.05) is 132 Å². The first-order valence-electron chi connectivity index (χ1n) is 15.2. The lowest BCUT2D eigenvalue weighted by Crippen LogP contribution is -2.59. The van der Waals surface area contributed by atoms with Crippen LogP contribution in [-0.2, 0) is 25.6 Å². The van der Waals surface area contributed by atoms with Crippen LogP contribution >= 0.6 is 11.6 Å². The summed E-state index contributed by atoms with van der Waals surface area (Å²) in [4.78, 5) is 13.0. The Morgan fingerprint density at radius 1 is 0.850 bits per heavy atom. The van der Waals surface area contributed by atoms with Gasteiger partial charge in [-0.2, -0.15) is 0 Å². The number of rotatable bonds is 14. The van der Waals surface area contributed by atoms with Crippen LogP contribution in [0.2, 0.25) is 46.5 Å². The van der Waals surface area contributed by atoms with E-state index >= 15 is 0 Å². The highest BCUT2D eigenvalue weighted by Crippen LogP contribution is 2.56. The third-order valence-corrected chi connectivity index (χ3v) is 25.9. The monoisotopic (exact) mass is 600 g/mol. The Kier molecular flexibility index (Phi) is 12.1. The topological polar surface area (TPSA) is 44.8 Å². The van der Waals surface area contributed by atoms with Gasteiger partial charge < -0.3 is 14.2 Å². The molecule has 0 bridgehead atoms. The van der Waals surface area contributed by atoms with E-state index in [2.05, 4.69) is 65.8 Å². The predicted octanol–water partition coefficient (Wildman–Crippen LogP) is 9.60. The van der Waals surface area contributed by atoms with Crippen LogP contribution in [0.25, 0.3) is 0 Å². The highest BCUT2D eigenvalue weighted by atomic mass is 35.5. The molecule has 3 atom stereocenters. The second-order valence-corrected chi connectivity index (χ2v) is 23.2. The van der Waals surface area contributed by atoms with Crippen molar-refractivity contribution in [1.82, 2.24) is 0 Å². The van der Waals surface area contributed by atoms with E-state index in [0.717, 1.165) is 11.1 Å². The van der Waals surface area contributed by atoms with E-state index in [1.165, 1.54) is 43.4 Å². The number of esters is 1. The largest absolute Gasteiger partial charge is 0.463 e. The molecule has 0 aromatic heterocycles. The highest BCUT2D eigenvalue weighted by Gasteiger charge is 2.57. The molecule has 1 aliphatic rings. The van der Waals surface area contributed by atoms with Gasteiger partial charge in [-0.05, 0) is 34.5 Å². The number of ether oxygens (including phenoxy) is 3. The van der Waals surface area contributed by atoms with Crippen molar-refractivity contribution in [3.05, 3.63) is 82.6 Å². The molecule has 1 aliphatic heterocycles. The summed E-state index contributed by atoms with van der Waals surface area (Å²) in [5.74, 6) is -0.170. The fourth-order valence-electron chi connectivity index (χ4n) is 7.45. The Labute approximate surface area is 249 Å². The molecule has 2 aromatic carbocycles. The molecule has 220 valence electrons. The van der Waals surface area contributed by atoms with E-state index in [1.54, 1.807) is 0 Å². The first kappa shape index (κ1) is 32.6. The summed E-state index contributed by atoms with van der Waals surface area (Å²) in [5, 5.41) is 1.26. The second kappa shape index (κ2) is 14.9. The molecule has 2 aromatic rings. The molecule has 7 heteroatoms. The number of methoxy groups -OCH3 is 1. The molecule has 0 saturated heterocycles. The fourth-order valence-corrected chi connectivity index (χ4v) is 24.5. The summed E-state index contributed by atoms with van der Waals surface area (Å²) in [7, 11) is -2.18. The molecule has 3 rings (SSSR count). The summed E-state index contributed by atoms with van der Waals surface area (Å²) in [6.45, 7) is 14.9. The Hall–Kier alpha value is -1.87. The molecule has 0 N–H and O–H groups in total. The van der Waals surface area contributed by atoms with E-state index in [-0.39, 0.29) is 17.6 Å². The average Bonchev–Trinajstić information content (AvgIpc) is 3.01. The molecule has 0 radical (unpaired) electrons. The summed E-state index contributed by atoms with van der Waals surface area (Å²) in [6, 6.07) is 25.8. The summed E-state index contributed by atoms with van der Waals surface area (Å²) >= 11 is 6.35. The van der Waals surface area contributed by atoms with Crippen LogP contribution in [0.15, 0.2) is 66.4 Å². The van der Waals surface area contributed by atoms with E-state index in [0.29, 0.717) is 16.8 Å². The van der Waals surface area contributed by atoms with Gasteiger partial charge in [-0.3, -0.25) is 0 Å². The molecule has 1 heterocycles. The molecule has 0 saturated carbocycles. The Bertz CT molecular complexity index is 1060. The minimum absolute atomic E-state index is 0.0426. The van der Waals surface area contributed by atoms with Crippen LogP contribution in [0.4, 0.5) is 0 Å². The predicted molar refractivity (Wildman–Crippen MR) is 172 cm³/mol. The smallest absolute Gasteiger partial charge is 0.373 e. The third kappa shape index (κ3) is 6.78. The zero-order chi connectivity index (χ0) is 29.3. The molecule has 4 nitrogen and oxygen atoms in total. The average molecular weight is 601 g/mol. The lowest BCUT2D eigenvalue weighted by molar-refractivity contribution is -0.178. The van der Waals surface area contributed by atoms with Crippen molar-refractivity contribution in [2.75, 3.05) is 7.11 Å². The standard InChI is InChI=1S/C33H49ClO4Si2/c1-8-39(9-2,10-3)33(40(11-4,12-5)13-6)30-28(26-19-21-27(34)22-20-26)23-29(31(35)36-7)38-32(30)37-24-25-17-15-14-16-18-25/h14-23,28,30,32-33H,8-13,24H2,1-7H3/t28-,30-,32+/m1/s1. The summed E-state index contributed by atoms with van der Waals surface area (Å²) in [5.41, 5.74) is 2.24. The maximum Gasteiger partial charge on any atom is 0.373 e. The number of benzene rings is 2. The summed E-state index contributed by atoms with van der Waals surface area (Å²) < 4.78 is 18.5. The van der Waals surface area contributed by atoms with Gasteiger partial charge in [0.25, 0.3) is 0 Å². The first-order valence-corrected chi connectivity index (χ1v) is 20.9. The van der Waals surface area contributed by atoms with Crippen molar-refractivity contribution < 1.29 is 19.0 Å². The molecular formula is C33H49ClO4Si2. The Balaban J connectivity index is 2.31. The summed E-state index contributed by atoms with van der Waals surface area (Å²) in [6.07, 6.45) is 1.47. The van der Waals surface area contributed by atoms with Crippen molar-refractivity contribution >= 4 is 33.7 Å². The van der Waals surface area contributed by atoms with Gasteiger partial charge in [0.15, 0.2) is 0 Å². The van der Waals surface area contributed by atoms with Gasteiger partial charge >= 0.3 is 5.97 Å². The normalized spacial score (nSPS) is 19.7. The quantitative estimate of drug-likeness (QED) is 0.160. The number of carbonyl (C=O) groups excluding carboxylic acids is 1. The van der Waals surface area contributed by atoms with Crippen LogP contribution in [0.3, 0.4) is 0 Å². The van der Waals surface area contributed by atoms with Crippen molar-refractivity contribution in [3.8, 4) is 0 Å². The SMILES string of the molecule is CC[Si](CC)(CC)C([C@H]1[C@@H](OCc2ccccc2)OC(C(=O)OC)=C[C@@H]1c1ccc(Cl)cc1)[Si](CC)(CC)CC. The maximum atomic E-state index is 13.0. The van der Waals surface area contributed by atoms with Gasteiger partial charge in [0.05, 0.1) is 29.9 Å². The lowest BCUT2D eigenvalue weighted by Gasteiger charge is -2.55. The third-order valence-electron chi connectivity index (χ3n) is 10.1. The Morgan fingerprint density at radius 3 is 1.85 bits per heavy atom. The first-order chi connectivity index (χ1) is 19.3. The minimum atomic E-state index is -1.80. The zero-order valence-corrected chi connectivity index (χ0v) is 28.3. The number of carbonyl (C=O) groups is 1. The van der Waals surface area contributed by atoms with Gasteiger partial charge in [0, 0.05) is 16.9 Å². The van der Waals surface area contributed by atoms with Crippen molar-refractivity contribution in [1.29, 1.82) is 0 Å². The number of halogens is 1. The van der Waals surface area contributed by atoms with E-state index in [1.807, 2.05) is 36.4 Å². The van der Waals surface area contributed by atoms with Crippen molar-refractivity contribution in [2.24, 2.45) is 5.92 Å². The molecule has 0 fully saturated rings. The highest BCUT2D eigenvalue weighted by molar-refractivity contribution is 6.99. The maximum absolute atomic E-state index is 13.0. The van der Waals surface area contributed by atoms with Gasteiger partial charge in [0.1, 0.15) is 0 Å². The van der Waals surface area contributed by atoms with Gasteiger partial charge in [-0.15, -0.1) is 0 Å². The van der Waals surface area contributed by atoms with E-state index in [9.17, 15) is 4.79 Å². The van der Waals surface area contributed by atoms with Crippen LogP contribution in [0.1, 0.15) is 58.6 Å². The molecule has 0 spiro atoms. The Morgan fingerprint density at radius 2 is 1.38 bits per heavy atom. The zero-order valence-electron chi connectivity index (χ0n) is 25.5. The van der Waals surface area contributed by atoms with Gasteiger partial charge in [0.2, 0.25) is 12.0 Å². The van der Waals surface area contributed by atoms with E-state index < -0.39 is 28.4 Å². The number of hydrogen-bond donors (Lipinski definition) is 0. The van der Waals surface area contributed by atoms with Crippen LogP contribution in [0, 0.1) is 5.92 Å². The van der Waals surface area contributed by atoms with Crippen molar-refractivity contribution in [3.63, 3.8) is 0 Å². The second-order valence-electron chi connectivity index (χ2n) is 11.3. The van der Waals surface area contributed by atoms with Crippen LogP contribution in [-0.4, -0.2) is 35.5 Å². The molecular weight excluding hydrogens is 552 g/mol. The van der Waals surface area contributed by atoms with Gasteiger partial charge in [-0.25, -0.2) is 4.79 Å². The number of allylic oxidation sites excluding steroid dienone is 1. The molecule has 0 amide bonds. The van der Waals surface area contributed by atoms with E-state index in [4.69, 9.17) is 25.8 Å². The molecule has 40 heavy (non-hydrogen) atoms. The molecule has 0 aliphatic carbocycles. The van der Waals surface area contributed by atoms with Crippen LogP contribution in [0.5, 0.6) is 0 Å². The minimum Gasteiger partial charge on any atom is -0.463 e. The number of hydrogen-bond acceptors (Lipinski definition) is 4. The van der Waals surface area contributed by atoms with Crippen LogP contribution < -0.4 is 0 Å².